The Balaban J connectivity index is 0.000000317. The molecular weight excluding hydrogens is 544 g/mol. The number of aliphatic carboxylic acids is 2. The third-order valence-electron chi connectivity index (χ3n) is 6.15. The zero-order valence-corrected chi connectivity index (χ0v) is 20.9. The van der Waals surface area contributed by atoms with Crippen LogP contribution in [-0.2, 0) is 19.1 Å². The van der Waals surface area contributed by atoms with E-state index in [2.05, 4.69) is 24.7 Å². The Hall–Kier alpha value is -3.21. The van der Waals surface area contributed by atoms with Crippen LogP contribution in [0.4, 0.5) is 32.3 Å². The molecule has 0 bridgehead atoms. The fraction of sp³-hybridized carbons (Fsp3) is 0.682. The number of anilines is 1. The van der Waals surface area contributed by atoms with Gasteiger partial charge in [-0.1, -0.05) is 0 Å². The van der Waals surface area contributed by atoms with E-state index in [4.69, 9.17) is 24.5 Å². The molecule has 0 unspecified atom stereocenters. The number of alkyl halides is 6. The summed E-state index contributed by atoms with van der Waals surface area (Å²) in [6.07, 6.45) is -3.86. The van der Waals surface area contributed by atoms with Gasteiger partial charge in [-0.3, -0.25) is 9.69 Å². The second kappa shape index (κ2) is 13.7. The van der Waals surface area contributed by atoms with Crippen molar-refractivity contribution in [1.82, 2.24) is 19.8 Å². The normalized spacial score (nSPS) is 21.8. The van der Waals surface area contributed by atoms with Crippen molar-refractivity contribution in [2.24, 2.45) is 0 Å². The summed E-state index contributed by atoms with van der Waals surface area (Å²) < 4.78 is 68.9. The number of carboxylic acid groups (broad SMARTS) is 2. The maximum Gasteiger partial charge on any atom is 0.490 e. The number of piperidine rings is 1. The molecule has 39 heavy (non-hydrogen) atoms. The number of halogens is 6. The van der Waals surface area contributed by atoms with Gasteiger partial charge in [-0.05, 0) is 25.3 Å². The third kappa shape index (κ3) is 9.80. The number of aromatic nitrogens is 2. The van der Waals surface area contributed by atoms with Crippen molar-refractivity contribution in [3.8, 4) is 0 Å². The van der Waals surface area contributed by atoms with Crippen molar-refractivity contribution in [2.75, 3.05) is 50.8 Å². The molecule has 0 aliphatic carbocycles. The van der Waals surface area contributed by atoms with E-state index in [9.17, 15) is 31.1 Å². The smallest absolute Gasteiger partial charge is 0.475 e. The zero-order chi connectivity index (χ0) is 29.4. The van der Waals surface area contributed by atoms with Gasteiger partial charge in [0.2, 0.25) is 11.9 Å². The van der Waals surface area contributed by atoms with Crippen LogP contribution >= 0.6 is 0 Å². The maximum absolute atomic E-state index is 12.5. The molecule has 3 aliphatic rings. The van der Waals surface area contributed by atoms with Crippen molar-refractivity contribution in [1.29, 1.82) is 0 Å². The number of hydrogen-bond donors (Lipinski definition) is 2. The average molecular weight is 573 g/mol. The zero-order valence-electron chi connectivity index (χ0n) is 20.9. The standard InChI is InChI=1S/C18H27N5O2.2C2HF3O2/c1-14-12-19-18(20-13-14)23-5-4-16-15(23)2-3-17(24)22(16)7-6-21-8-10-25-11-9-21;2*3-2(4,5)1(6)7/h12-13,15-16H,2-11H2,1H3;2*(H,6,7)/t15-,16-;;/m0../s1. The Morgan fingerprint density at radius 1 is 0.923 bits per heavy atom. The number of hydrogen-bond acceptors (Lipinski definition) is 8. The van der Waals surface area contributed by atoms with Crippen LogP contribution in [0.3, 0.4) is 0 Å². The lowest BCUT2D eigenvalue weighted by molar-refractivity contribution is -0.193. The Morgan fingerprint density at radius 3 is 1.92 bits per heavy atom. The van der Waals surface area contributed by atoms with Crippen LogP contribution in [0.2, 0.25) is 0 Å². The predicted molar refractivity (Wildman–Crippen MR) is 122 cm³/mol. The van der Waals surface area contributed by atoms with Crippen LogP contribution in [0, 0.1) is 6.92 Å². The van der Waals surface area contributed by atoms with Crippen LogP contribution in [-0.4, -0.2) is 118 Å². The SMILES string of the molecule is Cc1cnc(N2CC[C@H]3[C@@H]2CCC(=O)N3CCN2CCOCC2)nc1.O=C(O)C(F)(F)F.O=C(O)C(F)(F)F. The number of carbonyl (C=O) groups is 3. The number of likely N-dealkylation sites (tertiary alicyclic amines) is 1. The molecule has 2 atom stereocenters. The van der Waals surface area contributed by atoms with Gasteiger partial charge >= 0.3 is 24.3 Å². The van der Waals surface area contributed by atoms with Crippen molar-refractivity contribution < 1.29 is 55.7 Å². The van der Waals surface area contributed by atoms with Crippen LogP contribution < -0.4 is 4.90 Å². The number of carbonyl (C=O) groups excluding carboxylic acids is 1. The number of carboxylic acids is 2. The maximum atomic E-state index is 12.5. The Kier molecular flexibility index (Phi) is 11.3. The van der Waals surface area contributed by atoms with Crippen molar-refractivity contribution in [2.45, 2.75) is 50.6 Å². The molecule has 4 heterocycles. The first kappa shape index (κ1) is 32.0. The number of amides is 1. The predicted octanol–water partition coefficient (Wildman–Crippen LogP) is 1.95. The highest BCUT2D eigenvalue weighted by Gasteiger charge is 2.44. The topological polar surface area (TPSA) is 136 Å². The second-order valence-electron chi connectivity index (χ2n) is 8.86. The van der Waals surface area contributed by atoms with Crippen LogP contribution in [0.15, 0.2) is 12.4 Å². The molecule has 4 rings (SSSR count). The fourth-order valence-electron chi connectivity index (χ4n) is 4.30. The lowest BCUT2D eigenvalue weighted by Crippen LogP contribution is -2.54. The average Bonchev–Trinajstić information content (AvgIpc) is 3.28. The molecule has 2 N–H and O–H groups in total. The van der Waals surface area contributed by atoms with Crippen LogP contribution in [0.1, 0.15) is 24.8 Å². The molecule has 1 aromatic rings. The Labute approximate surface area is 219 Å². The summed E-state index contributed by atoms with van der Waals surface area (Å²) in [5.74, 6) is -4.40. The highest BCUT2D eigenvalue weighted by Crippen LogP contribution is 2.33. The lowest BCUT2D eigenvalue weighted by Gasteiger charge is -2.40. The minimum atomic E-state index is -5.08. The van der Waals surface area contributed by atoms with Crippen molar-refractivity contribution in [3.05, 3.63) is 18.0 Å². The summed E-state index contributed by atoms with van der Waals surface area (Å²) in [5.41, 5.74) is 1.07. The largest absolute Gasteiger partial charge is 0.490 e. The molecule has 0 saturated carbocycles. The Bertz CT molecular complexity index is 948. The van der Waals surface area contributed by atoms with E-state index in [-0.39, 0.29) is 0 Å². The van der Waals surface area contributed by atoms with Gasteiger partial charge in [0.25, 0.3) is 0 Å². The molecule has 0 radical (unpaired) electrons. The molecule has 1 amide bonds. The highest BCUT2D eigenvalue weighted by molar-refractivity contribution is 5.78. The summed E-state index contributed by atoms with van der Waals surface area (Å²) in [7, 11) is 0. The second-order valence-corrected chi connectivity index (χ2v) is 8.86. The van der Waals surface area contributed by atoms with Crippen LogP contribution in [0.25, 0.3) is 0 Å². The van der Waals surface area contributed by atoms with Crippen LogP contribution in [0.5, 0.6) is 0 Å². The van der Waals surface area contributed by atoms with Gasteiger partial charge in [-0.2, -0.15) is 26.3 Å². The summed E-state index contributed by atoms with van der Waals surface area (Å²) in [6.45, 7) is 8.25. The van der Waals surface area contributed by atoms with E-state index in [1.807, 2.05) is 19.3 Å². The van der Waals surface area contributed by atoms with Gasteiger partial charge in [-0.15, -0.1) is 0 Å². The number of ether oxygens (including phenoxy) is 1. The van der Waals surface area contributed by atoms with E-state index in [1.54, 1.807) is 0 Å². The minimum absolute atomic E-state index is 0.298. The molecule has 0 aromatic carbocycles. The van der Waals surface area contributed by atoms with Gasteiger partial charge in [0.15, 0.2) is 0 Å². The third-order valence-corrected chi connectivity index (χ3v) is 6.15. The first-order chi connectivity index (χ1) is 18.1. The molecule has 17 heteroatoms. The summed E-state index contributed by atoms with van der Waals surface area (Å²) in [4.78, 5) is 46.2. The monoisotopic (exact) mass is 573 g/mol. The first-order valence-corrected chi connectivity index (χ1v) is 11.9. The first-order valence-electron chi connectivity index (χ1n) is 11.9. The van der Waals surface area contributed by atoms with Gasteiger partial charge < -0.3 is 24.7 Å². The highest BCUT2D eigenvalue weighted by atomic mass is 19.4. The number of nitrogens with zero attached hydrogens (tertiary/aromatic N) is 5. The van der Waals surface area contributed by atoms with E-state index in [0.29, 0.717) is 24.4 Å². The molecule has 1 aromatic heterocycles. The van der Waals surface area contributed by atoms with Crippen molar-refractivity contribution >= 4 is 23.8 Å². The Morgan fingerprint density at radius 2 is 1.44 bits per heavy atom. The number of fused-ring (bicyclic) bond motifs is 1. The number of aryl methyl sites for hydroxylation is 1. The molecule has 3 saturated heterocycles. The molecule has 11 nitrogen and oxygen atoms in total. The van der Waals surface area contributed by atoms with Gasteiger partial charge in [0.05, 0.1) is 25.3 Å². The van der Waals surface area contributed by atoms with E-state index >= 15 is 0 Å². The van der Waals surface area contributed by atoms with E-state index < -0.39 is 24.3 Å². The fourth-order valence-corrected chi connectivity index (χ4v) is 4.30. The number of rotatable bonds is 4. The van der Waals surface area contributed by atoms with Gasteiger partial charge in [-0.25, -0.2) is 19.6 Å². The van der Waals surface area contributed by atoms with E-state index in [0.717, 1.165) is 70.3 Å². The molecule has 0 spiro atoms. The number of morpholine rings is 1. The molecule has 3 aliphatic heterocycles. The summed E-state index contributed by atoms with van der Waals surface area (Å²) in [6, 6.07) is 0.650. The summed E-state index contributed by atoms with van der Waals surface area (Å²) in [5, 5.41) is 14.2. The quantitative estimate of drug-likeness (QED) is 0.515. The summed E-state index contributed by atoms with van der Waals surface area (Å²) >= 11 is 0. The van der Waals surface area contributed by atoms with E-state index in [1.165, 1.54) is 0 Å². The van der Waals surface area contributed by atoms with Gasteiger partial charge in [0.1, 0.15) is 0 Å². The molecule has 3 fully saturated rings. The lowest BCUT2D eigenvalue weighted by atomic mass is 9.96. The minimum Gasteiger partial charge on any atom is -0.475 e. The molecule has 220 valence electrons. The van der Waals surface area contributed by atoms with Gasteiger partial charge in [0, 0.05) is 51.5 Å². The van der Waals surface area contributed by atoms with Crippen molar-refractivity contribution in [3.63, 3.8) is 0 Å². The molecular formula is C22H29F6N5O6.